The molecule has 8 atom stereocenters. The zero-order valence-corrected chi connectivity index (χ0v) is 27.1. The van der Waals surface area contributed by atoms with Crippen LogP contribution >= 0.6 is 0 Å². The largest absolute Gasteiger partial charge is 0.471 e. The number of aromatic nitrogens is 2. The number of hydrogen-bond donors (Lipinski definition) is 0. The Kier molecular flexibility index (Phi) is 9.22. The highest BCUT2D eigenvalue weighted by Gasteiger charge is 2.55. The van der Waals surface area contributed by atoms with Gasteiger partial charge in [0.25, 0.3) is 0 Å². The summed E-state index contributed by atoms with van der Waals surface area (Å²) in [6.45, 7) is 4.92. The summed E-state index contributed by atoms with van der Waals surface area (Å²) in [5.41, 5.74) is 0.982. The maximum atomic E-state index is 14.3. The Bertz CT molecular complexity index is 1460. The number of carbonyl (C=O) groups is 3. The van der Waals surface area contributed by atoms with E-state index in [1.54, 1.807) is 11.0 Å². The van der Waals surface area contributed by atoms with Crippen LogP contribution in [0.1, 0.15) is 84.8 Å². The Balaban J connectivity index is 1.36. The fourth-order valence-electron chi connectivity index (χ4n) is 8.12. The number of nitrogens with zero attached hydrogens (tertiary/aromatic N) is 3. The molecule has 4 aliphatic rings. The molecule has 1 amide bonds. The van der Waals surface area contributed by atoms with Gasteiger partial charge in [-0.25, -0.2) is 9.97 Å². The fourth-order valence-corrected chi connectivity index (χ4v) is 8.12. The molecule has 6 rings (SSSR count). The van der Waals surface area contributed by atoms with Crippen LogP contribution in [0, 0.1) is 35.0 Å². The Morgan fingerprint density at radius 3 is 2.57 bits per heavy atom. The van der Waals surface area contributed by atoms with Gasteiger partial charge in [0.2, 0.25) is 11.8 Å². The van der Waals surface area contributed by atoms with Crippen LogP contribution < -0.4 is 9.47 Å². The molecule has 1 aromatic carbocycles. The number of rotatable bonds is 4. The number of fused-ring (bicyclic) bond motifs is 7. The summed E-state index contributed by atoms with van der Waals surface area (Å²) in [5, 5.41) is 0. The third kappa shape index (κ3) is 6.69. The third-order valence-corrected chi connectivity index (χ3v) is 10.7. The van der Waals surface area contributed by atoms with Crippen molar-refractivity contribution in [2.45, 2.75) is 110 Å². The van der Waals surface area contributed by atoms with Gasteiger partial charge in [0.1, 0.15) is 29.9 Å². The Morgan fingerprint density at radius 1 is 1.04 bits per heavy atom. The second-order valence-corrected chi connectivity index (χ2v) is 14.7. The number of esters is 1. The molecule has 2 saturated carbocycles. The number of ether oxygens (including phenoxy) is 3. The maximum Gasteiger partial charge on any atom is 0.387 e. The smallest absolute Gasteiger partial charge is 0.387 e. The van der Waals surface area contributed by atoms with E-state index in [0.29, 0.717) is 47.3 Å². The highest BCUT2D eigenvalue weighted by atomic mass is 19.3. The topological polar surface area (TPSA) is 108 Å². The van der Waals surface area contributed by atoms with E-state index in [0.717, 1.165) is 38.4 Å². The van der Waals surface area contributed by atoms with Crippen LogP contribution in [0.25, 0.3) is 11.0 Å². The predicted molar refractivity (Wildman–Crippen MR) is 165 cm³/mol. The van der Waals surface area contributed by atoms with Crippen LogP contribution in [-0.4, -0.2) is 64.4 Å². The number of halogens is 2. The molecule has 3 fully saturated rings. The number of amides is 1. The quantitative estimate of drug-likeness (QED) is 0.289. The average Bonchev–Trinajstić information content (AvgIpc) is 3.54. The highest BCUT2D eigenvalue weighted by Crippen LogP contribution is 2.58. The lowest BCUT2D eigenvalue weighted by Crippen LogP contribution is -2.46. The van der Waals surface area contributed by atoms with Crippen LogP contribution in [0.3, 0.4) is 0 Å². The van der Waals surface area contributed by atoms with Gasteiger partial charge in [0.15, 0.2) is 0 Å². The first-order valence-corrected chi connectivity index (χ1v) is 16.8. The van der Waals surface area contributed by atoms with E-state index in [2.05, 4.69) is 4.74 Å². The molecule has 0 N–H and O–H groups in total. The number of carbonyl (C=O) groups excluding carboxylic acids is 3. The Hall–Kier alpha value is -3.37. The Labute approximate surface area is 268 Å². The van der Waals surface area contributed by atoms with Crippen molar-refractivity contribution in [3.05, 3.63) is 23.9 Å². The zero-order chi connectivity index (χ0) is 32.7. The molecule has 2 aliphatic carbocycles. The lowest BCUT2D eigenvalue weighted by atomic mass is 9.77. The van der Waals surface area contributed by atoms with E-state index in [1.165, 1.54) is 18.6 Å². The van der Waals surface area contributed by atoms with Gasteiger partial charge < -0.3 is 23.9 Å². The van der Waals surface area contributed by atoms with Crippen LogP contribution in [0.15, 0.2) is 18.2 Å². The van der Waals surface area contributed by atoms with Crippen LogP contribution in [-0.2, 0) is 25.5 Å². The lowest BCUT2D eigenvalue weighted by molar-refractivity contribution is -0.158. The monoisotopic (exact) mass is 641 g/mol. The zero-order valence-electron chi connectivity index (χ0n) is 27.1. The first kappa shape index (κ1) is 32.6. The first-order chi connectivity index (χ1) is 22.0. The molecule has 9 nitrogen and oxygen atoms in total. The minimum absolute atomic E-state index is 0.0306. The van der Waals surface area contributed by atoms with Crippen molar-refractivity contribution >= 4 is 29.2 Å². The predicted octanol–water partition coefficient (Wildman–Crippen LogP) is 6.15. The first-order valence-electron chi connectivity index (χ1n) is 16.8. The maximum absolute atomic E-state index is 14.3. The fraction of sp³-hybridized carbons (Fsp3) is 0.686. The molecule has 46 heavy (non-hydrogen) atoms. The van der Waals surface area contributed by atoms with Crippen LogP contribution in [0.5, 0.6) is 11.6 Å². The molecule has 2 unspecified atom stereocenters. The van der Waals surface area contributed by atoms with Crippen molar-refractivity contribution in [2.24, 2.45) is 35.0 Å². The van der Waals surface area contributed by atoms with Crippen molar-refractivity contribution in [1.82, 2.24) is 14.9 Å². The van der Waals surface area contributed by atoms with E-state index < -0.39 is 30.1 Å². The van der Waals surface area contributed by atoms with Crippen molar-refractivity contribution in [1.29, 1.82) is 0 Å². The van der Waals surface area contributed by atoms with Gasteiger partial charge in [-0.1, -0.05) is 40.5 Å². The molecule has 0 spiro atoms. The van der Waals surface area contributed by atoms with Gasteiger partial charge in [-0.15, -0.1) is 0 Å². The van der Waals surface area contributed by atoms with Gasteiger partial charge >= 0.3 is 12.6 Å². The van der Waals surface area contributed by atoms with Crippen LogP contribution in [0.2, 0.25) is 0 Å². The third-order valence-electron chi connectivity index (χ3n) is 10.7. The van der Waals surface area contributed by atoms with E-state index in [1.807, 2.05) is 27.7 Å². The molecule has 2 aliphatic heterocycles. The summed E-state index contributed by atoms with van der Waals surface area (Å²) >= 11 is 0. The number of hydrogen-bond acceptors (Lipinski definition) is 8. The molecule has 0 radical (unpaired) electrons. The van der Waals surface area contributed by atoms with Gasteiger partial charge in [-0.05, 0) is 73.8 Å². The molecule has 3 heterocycles. The van der Waals surface area contributed by atoms with Gasteiger partial charge in [-0.3, -0.25) is 9.59 Å². The van der Waals surface area contributed by atoms with Crippen LogP contribution in [0.4, 0.5) is 8.78 Å². The molecular formula is C35H45F2N3O6. The minimum Gasteiger partial charge on any atom is -0.471 e. The molecule has 2 bridgehead atoms. The number of aldehydes is 1. The summed E-state index contributed by atoms with van der Waals surface area (Å²) < 4.78 is 43.2. The Morgan fingerprint density at radius 2 is 1.85 bits per heavy atom. The van der Waals surface area contributed by atoms with E-state index in [9.17, 15) is 23.2 Å². The molecule has 250 valence electrons. The number of aryl methyl sites for hydroxylation is 1. The average molecular weight is 642 g/mol. The summed E-state index contributed by atoms with van der Waals surface area (Å²) in [7, 11) is 0. The lowest BCUT2D eigenvalue weighted by Gasteiger charge is -2.34. The summed E-state index contributed by atoms with van der Waals surface area (Å²) in [5.74, 6) is 0.193. The van der Waals surface area contributed by atoms with Gasteiger partial charge in [0.05, 0.1) is 36.0 Å². The molecule has 1 aromatic heterocycles. The van der Waals surface area contributed by atoms with E-state index in [-0.39, 0.29) is 48.5 Å². The van der Waals surface area contributed by atoms with E-state index in [4.69, 9.17) is 19.4 Å². The SMILES string of the molecule is CC[C@@H]1[C@@H]2CN(C(=O)[C@H](C(C)(C)C)CC(=O)O[C@@H]3CC4CC4[C@H]3CCCCCc3nc4ccc(OC(F)F)cc4nc3O2)[C@@H]1C=O. The number of alkyl halides is 2. The second-order valence-electron chi connectivity index (χ2n) is 14.7. The highest BCUT2D eigenvalue weighted by molar-refractivity contribution is 5.87. The van der Waals surface area contributed by atoms with E-state index >= 15 is 0 Å². The van der Waals surface area contributed by atoms with Crippen molar-refractivity contribution < 1.29 is 37.4 Å². The van der Waals surface area contributed by atoms with Crippen molar-refractivity contribution in [3.8, 4) is 11.6 Å². The standard InChI is InChI=1S/C35H45F2N3O6/c1-5-21-28(18-41)40-17-30(21)46-32-26(38-25-12-11-20(44-34(36)37)15-27(25)39-32)10-8-6-7-9-22-23-13-19(23)14-29(22)45-31(42)16-24(33(40)43)35(2,3)4/h11-12,15,18-19,21-24,28-30,34H,5-10,13-14,16-17H2,1-4H3/t19?,21-,22+,23?,24+,28+,29+,30-/m0/s1. The van der Waals surface area contributed by atoms with Crippen molar-refractivity contribution in [2.75, 3.05) is 6.54 Å². The normalized spacial score (nSPS) is 32.1. The summed E-state index contributed by atoms with van der Waals surface area (Å²) in [4.78, 5) is 51.3. The summed E-state index contributed by atoms with van der Waals surface area (Å²) in [6.07, 6.45) is 7.10. The van der Waals surface area contributed by atoms with Gasteiger partial charge in [-0.2, -0.15) is 8.78 Å². The molecular weight excluding hydrogens is 596 g/mol. The number of benzene rings is 1. The summed E-state index contributed by atoms with van der Waals surface area (Å²) in [6, 6.07) is 3.73. The van der Waals surface area contributed by atoms with Gasteiger partial charge in [0, 0.05) is 12.0 Å². The molecule has 2 aromatic rings. The minimum atomic E-state index is -2.97. The van der Waals surface area contributed by atoms with Crippen molar-refractivity contribution in [3.63, 3.8) is 0 Å². The molecule has 1 saturated heterocycles. The molecule has 11 heteroatoms. The second kappa shape index (κ2) is 13.0.